The van der Waals surface area contributed by atoms with Crippen molar-refractivity contribution >= 4 is 6.03 Å². The van der Waals surface area contributed by atoms with Crippen LogP contribution in [-0.4, -0.2) is 63.4 Å². The first kappa shape index (κ1) is 24.4. The molecular formula is C27H30F2N4O3. The Bertz CT molecular complexity index is 1210. The average molecular weight is 497 g/mol. The molecule has 0 bridgehead atoms. The Morgan fingerprint density at radius 3 is 2.47 bits per heavy atom. The third kappa shape index (κ3) is 5.11. The summed E-state index contributed by atoms with van der Waals surface area (Å²) in [6.45, 7) is 4.11. The molecule has 2 atom stereocenters. The summed E-state index contributed by atoms with van der Waals surface area (Å²) in [5, 5.41) is 13.8. The zero-order valence-electron chi connectivity index (χ0n) is 20.2. The number of nitrogens with zero attached hydrogens (tertiary/aromatic N) is 4. The molecule has 3 aromatic rings. The molecule has 190 valence electrons. The van der Waals surface area contributed by atoms with Crippen LogP contribution in [0.3, 0.4) is 0 Å². The van der Waals surface area contributed by atoms with E-state index in [4.69, 9.17) is 4.52 Å². The molecule has 2 fully saturated rings. The van der Waals surface area contributed by atoms with Gasteiger partial charge in [-0.2, -0.15) is 4.98 Å². The second-order valence-corrected chi connectivity index (χ2v) is 9.71. The lowest BCUT2D eigenvalue weighted by molar-refractivity contribution is 0.0744. The van der Waals surface area contributed by atoms with Gasteiger partial charge in [0.1, 0.15) is 11.6 Å². The first-order valence-electron chi connectivity index (χ1n) is 12.5. The molecular weight excluding hydrogens is 466 g/mol. The molecule has 0 spiro atoms. The Kier molecular flexibility index (Phi) is 7.00. The van der Waals surface area contributed by atoms with Crippen molar-refractivity contribution in [1.29, 1.82) is 0 Å². The quantitative estimate of drug-likeness (QED) is 0.565. The molecule has 3 heterocycles. The maximum absolute atomic E-state index is 14.3. The lowest BCUT2D eigenvalue weighted by Crippen LogP contribution is -2.51. The maximum Gasteiger partial charge on any atom is 0.320 e. The Morgan fingerprint density at radius 2 is 1.78 bits per heavy atom. The molecule has 1 N–H and O–H groups in total. The Morgan fingerprint density at radius 1 is 1.06 bits per heavy atom. The van der Waals surface area contributed by atoms with Crippen molar-refractivity contribution in [1.82, 2.24) is 19.9 Å². The lowest BCUT2D eigenvalue weighted by atomic mass is 9.84. The van der Waals surface area contributed by atoms with Crippen LogP contribution >= 0.6 is 0 Å². The van der Waals surface area contributed by atoms with Crippen molar-refractivity contribution in [2.75, 3.05) is 26.2 Å². The molecule has 2 unspecified atom stereocenters. The number of halogens is 2. The smallest absolute Gasteiger partial charge is 0.320 e. The summed E-state index contributed by atoms with van der Waals surface area (Å²) < 4.78 is 33.2. The van der Waals surface area contributed by atoms with Gasteiger partial charge in [0.15, 0.2) is 0 Å². The number of benzene rings is 2. The number of carbonyl (C=O) groups is 1. The number of urea groups is 1. The summed E-state index contributed by atoms with van der Waals surface area (Å²) in [5.74, 6) is -1.23. The van der Waals surface area contributed by atoms with E-state index in [-0.39, 0.29) is 35.4 Å². The van der Waals surface area contributed by atoms with Gasteiger partial charge in [-0.15, -0.1) is 0 Å². The summed E-state index contributed by atoms with van der Waals surface area (Å²) in [6.07, 6.45) is 2.42. The monoisotopic (exact) mass is 496 g/mol. The van der Waals surface area contributed by atoms with Crippen LogP contribution in [0.25, 0.3) is 11.4 Å². The van der Waals surface area contributed by atoms with Gasteiger partial charge < -0.3 is 19.4 Å². The largest absolute Gasteiger partial charge is 0.393 e. The number of amides is 2. The summed E-state index contributed by atoms with van der Waals surface area (Å²) >= 11 is 0. The summed E-state index contributed by atoms with van der Waals surface area (Å²) in [6, 6.07) is 11.6. The molecule has 2 saturated heterocycles. The van der Waals surface area contributed by atoms with Gasteiger partial charge in [-0.05, 0) is 48.9 Å². The predicted molar refractivity (Wildman–Crippen MR) is 129 cm³/mol. The first-order valence-corrected chi connectivity index (χ1v) is 12.5. The van der Waals surface area contributed by atoms with Gasteiger partial charge in [0.25, 0.3) is 0 Å². The fourth-order valence-corrected chi connectivity index (χ4v) is 5.14. The van der Waals surface area contributed by atoms with Gasteiger partial charge in [0.2, 0.25) is 11.7 Å². The fourth-order valence-electron chi connectivity index (χ4n) is 5.14. The van der Waals surface area contributed by atoms with Crippen LogP contribution in [0.2, 0.25) is 0 Å². The zero-order chi connectivity index (χ0) is 25.2. The highest BCUT2D eigenvalue weighted by atomic mass is 19.1. The number of piperidine rings is 2. The van der Waals surface area contributed by atoms with Gasteiger partial charge in [0.05, 0.1) is 17.6 Å². The number of hydrogen-bond acceptors (Lipinski definition) is 5. The normalized spacial score (nSPS) is 21.1. The molecule has 2 amide bonds. The van der Waals surface area contributed by atoms with Crippen LogP contribution in [0.5, 0.6) is 0 Å². The van der Waals surface area contributed by atoms with Crippen molar-refractivity contribution in [3.8, 4) is 11.4 Å². The predicted octanol–water partition coefficient (Wildman–Crippen LogP) is 4.73. The maximum atomic E-state index is 14.3. The van der Waals surface area contributed by atoms with E-state index in [0.29, 0.717) is 51.3 Å². The van der Waals surface area contributed by atoms with Crippen molar-refractivity contribution in [2.24, 2.45) is 0 Å². The third-order valence-electron chi connectivity index (χ3n) is 7.28. The number of likely N-dealkylation sites (tertiary alicyclic amines) is 2. The summed E-state index contributed by atoms with van der Waals surface area (Å²) in [4.78, 5) is 21.5. The third-order valence-corrected chi connectivity index (χ3v) is 7.28. The number of aromatic nitrogens is 2. The van der Waals surface area contributed by atoms with E-state index in [9.17, 15) is 18.7 Å². The van der Waals surface area contributed by atoms with Crippen molar-refractivity contribution in [2.45, 2.75) is 50.5 Å². The van der Waals surface area contributed by atoms with E-state index in [1.807, 2.05) is 4.90 Å². The Balaban J connectivity index is 1.41. The minimum absolute atomic E-state index is 0.0554. The van der Waals surface area contributed by atoms with E-state index >= 15 is 0 Å². The minimum atomic E-state index is -0.760. The Hall–Kier alpha value is -3.33. The highest BCUT2D eigenvalue weighted by molar-refractivity contribution is 5.75. The van der Waals surface area contributed by atoms with Gasteiger partial charge in [-0.3, -0.25) is 0 Å². The van der Waals surface area contributed by atoms with Gasteiger partial charge in [0, 0.05) is 38.2 Å². The van der Waals surface area contributed by atoms with Gasteiger partial charge in [-0.25, -0.2) is 13.6 Å². The molecule has 5 rings (SSSR count). The molecule has 0 saturated carbocycles. The average Bonchev–Trinajstić information content (AvgIpc) is 3.38. The number of carbonyl (C=O) groups excluding carboxylic acids is 1. The number of aliphatic hydroxyl groups excluding tert-OH is 1. The lowest BCUT2D eigenvalue weighted by Gasteiger charge is -2.40. The molecule has 2 aromatic carbocycles. The second kappa shape index (κ2) is 10.3. The van der Waals surface area contributed by atoms with Crippen LogP contribution in [0.1, 0.15) is 55.0 Å². The van der Waals surface area contributed by atoms with Gasteiger partial charge >= 0.3 is 6.03 Å². The molecule has 0 radical (unpaired) electrons. The molecule has 1 aromatic heterocycles. The van der Waals surface area contributed by atoms with E-state index in [1.165, 1.54) is 11.6 Å². The summed E-state index contributed by atoms with van der Waals surface area (Å²) in [7, 11) is 0. The first-order chi connectivity index (χ1) is 17.4. The molecule has 9 heteroatoms. The van der Waals surface area contributed by atoms with Crippen LogP contribution in [0, 0.1) is 11.6 Å². The minimum Gasteiger partial charge on any atom is -0.393 e. The second-order valence-electron chi connectivity index (χ2n) is 9.71. The molecule has 2 aliphatic heterocycles. The SMILES string of the molecule is CCc1ccc(C2CC(c3nc(-c4ccc(F)cc4F)no3)CN(C(=O)N3CCC(O)CC3)C2)cc1. The van der Waals surface area contributed by atoms with Crippen molar-refractivity contribution < 1.29 is 23.2 Å². The molecule has 2 aliphatic rings. The van der Waals surface area contributed by atoms with Crippen LogP contribution in [0.15, 0.2) is 47.0 Å². The van der Waals surface area contributed by atoms with Crippen LogP contribution in [0.4, 0.5) is 13.6 Å². The van der Waals surface area contributed by atoms with E-state index < -0.39 is 11.6 Å². The fraction of sp³-hybridized carbons (Fsp3) is 0.444. The highest BCUT2D eigenvalue weighted by Gasteiger charge is 2.37. The van der Waals surface area contributed by atoms with E-state index in [0.717, 1.165) is 24.1 Å². The van der Waals surface area contributed by atoms with Crippen molar-refractivity contribution in [3.05, 3.63) is 71.1 Å². The molecule has 0 aliphatic carbocycles. The van der Waals surface area contributed by atoms with E-state index in [1.54, 1.807) is 4.90 Å². The van der Waals surface area contributed by atoms with Crippen molar-refractivity contribution in [3.63, 3.8) is 0 Å². The van der Waals surface area contributed by atoms with Gasteiger partial charge in [-0.1, -0.05) is 36.3 Å². The topological polar surface area (TPSA) is 82.7 Å². The number of aliphatic hydroxyl groups is 1. The number of aryl methyl sites for hydroxylation is 1. The zero-order valence-corrected chi connectivity index (χ0v) is 20.2. The van der Waals surface area contributed by atoms with Crippen LogP contribution in [-0.2, 0) is 6.42 Å². The van der Waals surface area contributed by atoms with E-state index in [2.05, 4.69) is 41.3 Å². The highest BCUT2D eigenvalue weighted by Crippen LogP contribution is 2.37. The Labute approximate surface area is 208 Å². The standard InChI is InChI=1S/C27H30F2N4O3/c1-2-17-3-5-18(6-4-17)19-13-20(16-33(15-19)27(35)32-11-9-22(34)10-12-32)26-30-25(31-36-26)23-8-7-21(28)14-24(23)29/h3-8,14,19-20,22,34H,2,9-13,15-16H2,1H3. The number of hydrogen-bond donors (Lipinski definition) is 1. The number of rotatable bonds is 4. The summed E-state index contributed by atoms with van der Waals surface area (Å²) in [5.41, 5.74) is 2.44. The molecule has 36 heavy (non-hydrogen) atoms. The van der Waals surface area contributed by atoms with Crippen LogP contribution < -0.4 is 0 Å². The molecule has 7 nitrogen and oxygen atoms in total.